The summed E-state index contributed by atoms with van der Waals surface area (Å²) < 4.78 is 0. The summed E-state index contributed by atoms with van der Waals surface area (Å²) >= 11 is 0. The average Bonchev–Trinajstić information content (AvgIpc) is 2.78. The molecule has 0 aliphatic carbocycles. The van der Waals surface area contributed by atoms with Crippen molar-refractivity contribution in [3.05, 3.63) is 18.2 Å². The largest absolute Gasteiger partial charge is 0.370 e. The van der Waals surface area contributed by atoms with Crippen molar-refractivity contribution in [3.63, 3.8) is 0 Å². The van der Waals surface area contributed by atoms with Crippen LogP contribution in [-0.2, 0) is 0 Å². The van der Waals surface area contributed by atoms with Crippen LogP contribution in [0.5, 0.6) is 0 Å². The van der Waals surface area contributed by atoms with Gasteiger partial charge in [0.2, 0.25) is 0 Å². The first-order chi connectivity index (χ1) is 8.50. The molecule has 2 rings (SSSR count). The van der Waals surface area contributed by atoms with E-state index in [9.17, 15) is 0 Å². The van der Waals surface area contributed by atoms with Crippen molar-refractivity contribution >= 4 is 11.6 Å². The van der Waals surface area contributed by atoms with Crippen molar-refractivity contribution in [1.29, 1.82) is 0 Å². The van der Waals surface area contributed by atoms with E-state index in [-0.39, 0.29) is 0 Å². The van der Waals surface area contributed by atoms with Gasteiger partial charge in [0.1, 0.15) is 11.6 Å². The molecule has 1 aromatic heterocycles. The first kappa shape index (κ1) is 13.2. The lowest BCUT2D eigenvalue weighted by molar-refractivity contribution is 0.263. The quantitative estimate of drug-likeness (QED) is 0.887. The molecule has 3 nitrogen and oxygen atoms in total. The van der Waals surface area contributed by atoms with Crippen molar-refractivity contribution in [2.45, 2.75) is 34.1 Å². The zero-order valence-electron chi connectivity index (χ0n) is 12.0. The van der Waals surface area contributed by atoms with Crippen molar-refractivity contribution < 1.29 is 0 Å². The highest BCUT2D eigenvalue weighted by Crippen LogP contribution is 2.35. The third-order valence-corrected chi connectivity index (χ3v) is 3.83. The molecule has 1 N–H and O–H groups in total. The predicted molar refractivity (Wildman–Crippen MR) is 78.2 cm³/mol. The maximum Gasteiger partial charge on any atom is 0.130 e. The van der Waals surface area contributed by atoms with Gasteiger partial charge in [-0.05, 0) is 36.8 Å². The van der Waals surface area contributed by atoms with Crippen LogP contribution < -0.4 is 10.2 Å². The molecule has 1 saturated heterocycles. The summed E-state index contributed by atoms with van der Waals surface area (Å²) in [5.74, 6) is 2.86. The van der Waals surface area contributed by atoms with Crippen LogP contribution in [0.4, 0.5) is 11.6 Å². The Bertz CT molecular complexity index is 395. The molecule has 3 heteroatoms. The molecule has 1 fully saturated rings. The van der Waals surface area contributed by atoms with E-state index in [1.165, 1.54) is 6.42 Å². The highest BCUT2D eigenvalue weighted by Gasteiger charge is 2.32. The molecule has 100 valence electrons. The van der Waals surface area contributed by atoms with Gasteiger partial charge >= 0.3 is 0 Å². The molecule has 0 amide bonds. The van der Waals surface area contributed by atoms with E-state index < -0.39 is 0 Å². The first-order valence-corrected chi connectivity index (χ1v) is 6.96. The lowest BCUT2D eigenvalue weighted by Crippen LogP contribution is -2.26. The molecule has 0 radical (unpaired) electrons. The minimum atomic E-state index is 0.397. The number of pyridine rings is 1. The molecule has 1 aliphatic rings. The van der Waals surface area contributed by atoms with Crippen molar-refractivity contribution in [3.8, 4) is 0 Å². The molecular weight excluding hydrogens is 222 g/mol. The fourth-order valence-corrected chi connectivity index (χ4v) is 2.55. The molecule has 0 spiro atoms. The Balaban J connectivity index is 2.07. The van der Waals surface area contributed by atoms with Crippen LogP contribution in [0.2, 0.25) is 0 Å². The molecule has 1 atom stereocenters. The predicted octanol–water partition coefficient (Wildman–Crippen LogP) is 3.39. The van der Waals surface area contributed by atoms with Crippen LogP contribution in [0.1, 0.15) is 34.1 Å². The van der Waals surface area contributed by atoms with Gasteiger partial charge in [0.15, 0.2) is 0 Å². The van der Waals surface area contributed by atoms with Gasteiger partial charge in [0.05, 0.1) is 0 Å². The van der Waals surface area contributed by atoms with Crippen molar-refractivity contribution in [1.82, 2.24) is 4.98 Å². The third-order valence-electron chi connectivity index (χ3n) is 3.83. The summed E-state index contributed by atoms with van der Waals surface area (Å²) in [5, 5.41) is 3.28. The summed E-state index contributed by atoms with van der Waals surface area (Å²) in [5.41, 5.74) is 0.397. The fraction of sp³-hybridized carbons (Fsp3) is 0.667. The second kappa shape index (κ2) is 5.17. The van der Waals surface area contributed by atoms with Gasteiger partial charge in [-0.3, -0.25) is 0 Å². The van der Waals surface area contributed by atoms with E-state index in [1.54, 1.807) is 0 Å². The number of nitrogens with zero attached hydrogens (tertiary/aromatic N) is 2. The normalized spacial score (nSPS) is 20.2. The van der Waals surface area contributed by atoms with Crippen molar-refractivity contribution in [2.24, 2.45) is 11.3 Å². The number of hydrogen-bond donors (Lipinski definition) is 1. The Morgan fingerprint density at radius 1 is 1.39 bits per heavy atom. The Morgan fingerprint density at radius 2 is 2.17 bits per heavy atom. The number of hydrogen-bond acceptors (Lipinski definition) is 3. The smallest absolute Gasteiger partial charge is 0.130 e. The van der Waals surface area contributed by atoms with Gasteiger partial charge in [-0.15, -0.1) is 0 Å². The van der Waals surface area contributed by atoms with E-state index in [0.717, 1.165) is 37.2 Å². The Kier molecular flexibility index (Phi) is 3.79. The van der Waals surface area contributed by atoms with E-state index in [2.05, 4.69) is 55.0 Å². The monoisotopic (exact) mass is 247 g/mol. The summed E-state index contributed by atoms with van der Waals surface area (Å²) in [4.78, 5) is 7.09. The van der Waals surface area contributed by atoms with Crippen LogP contribution in [0, 0.1) is 11.3 Å². The highest BCUT2D eigenvalue weighted by molar-refractivity contribution is 5.47. The molecule has 18 heavy (non-hydrogen) atoms. The van der Waals surface area contributed by atoms with Gasteiger partial charge in [-0.25, -0.2) is 4.98 Å². The second-order valence-electron chi connectivity index (χ2n) is 6.21. The second-order valence-corrected chi connectivity index (χ2v) is 6.21. The van der Waals surface area contributed by atoms with Crippen molar-refractivity contribution in [2.75, 3.05) is 29.9 Å². The zero-order chi connectivity index (χ0) is 13.2. The average molecular weight is 247 g/mol. The van der Waals surface area contributed by atoms with Crippen LogP contribution in [0.25, 0.3) is 0 Å². The van der Waals surface area contributed by atoms with Gasteiger partial charge in [0.25, 0.3) is 0 Å². The van der Waals surface area contributed by atoms with Gasteiger partial charge in [0, 0.05) is 19.6 Å². The first-order valence-electron chi connectivity index (χ1n) is 6.96. The van der Waals surface area contributed by atoms with E-state index in [0.29, 0.717) is 5.41 Å². The number of aromatic nitrogens is 1. The topological polar surface area (TPSA) is 28.2 Å². The Hall–Kier alpha value is -1.25. The summed E-state index contributed by atoms with van der Waals surface area (Å²) in [6.07, 6.45) is 1.27. The molecule has 1 aliphatic heterocycles. The fourth-order valence-electron chi connectivity index (χ4n) is 2.55. The molecule has 1 unspecified atom stereocenters. The van der Waals surface area contributed by atoms with Gasteiger partial charge in [-0.1, -0.05) is 26.8 Å². The number of rotatable bonds is 3. The van der Waals surface area contributed by atoms with E-state index >= 15 is 0 Å². The summed E-state index contributed by atoms with van der Waals surface area (Å²) in [6.45, 7) is 12.3. The Labute approximate surface area is 111 Å². The number of nitrogens with one attached hydrogen (secondary N) is 1. The van der Waals surface area contributed by atoms with Crippen LogP contribution >= 0.6 is 0 Å². The molecule has 0 saturated carbocycles. The molecule has 0 aromatic carbocycles. The SMILES string of the molecule is CCNc1cccc(N2CCC(C(C)(C)C)C2)n1. The minimum Gasteiger partial charge on any atom is -0.370 e. The van der Waals surface area contributed by atoms with Crippen LogP contribution in [0.15, 0.2) is 18.2 Å². The maximum atomic E-state index is 4.68. The minimum absolute atomic E-state index is 0.397. The van der Waals surface area contributed by atoms with Crippen LogP contribution in [0.3, 0.4) is 0 Å². The molecule has 1 aromatic rings. The van der Waals surface area contributed by atoms with E-state index in [1.807, 2.05) is 6.07 Å². The standard InChI is InChI=1S/C15H25N3/c1-5-16-13-7-6-8-14(17-13)18-10-9-12(11-18)15(2,3)4/h6-8,12H,5,9-11H2,1-4H3,(H,16,17). The third kappa shape index (κ3) is 2.95. The molecule has 2 heterocycles. The molecular formula is C15H25N3. The zero-order valence-corrected chi connectivity index (χ0v) is 12.0. The Morgan fingerprint density at radius 3 is 2.78 bits per heavy atom. The van der Waals surface area contributed by atoms with E-state index in [4.69, 9.17) is 0 Å². The summed E-state index contributed by atoms with van der Waals surface area (Å²) in [6, 6.07) is 6.24. The molecule has 0 bridgehead atoms. The lowest BCUT2D eigenvalue weighted by Gasteiger charge is -2.27. The number of anilines is 2. The van der Waals surface area contributed by atoms with Crippen LogP contribution in [-0.4, -0.2) is 24.6 Å². The van der Waals surface area contributed by atoms with Gasteiger partial charge < -0.3 is 10.2 Å². The lowest BCUT2D eigenvalue weighted by atomic mass is 9.80. The maximum absolute atomic E-state index is 4.68. The van der Waals surface area contributed by atoms with Gasteiger partial charge in [-0.2, -0.15) is 0 Å². The highest BCUT2D eigenvalue weighted by atomic mass is 15.2. The summed E-state index contributed by atoms with van der Waals surface area (Å²) in [7, 11) is 0.